The Kier molecular flexibility index (Phi) is 4.66. The number of nitrogens with one attached hydrogen (secondary N) is 1. The number of amides is 1. The fourth-order valence-electron chi connectivity index (χ4n) is 3.41. The number of pyridine rings is 1. The zero-order valence-corrected chi connectivity index (χ0v) is 16.4. The minimum atomic E-state index is -0.287. The van der Waals surface area contributed by atoms with Crippen molar-refractivity contribution in [1.29, 1.82) is 0 Å². The zero-order chi connectivity index (χ0) is 19.8. The number of rotatable bonds is 6. The molecule has 0 aliphatic heterocycles. The normalized spacial score (nSPS) is 14.7. The van der Waals surface area contributed by atoms with Gasteiger partial charge < -0.3 is 19.3 Å². The van der Waals surface area contributed by atoms with Crippen molar-refractivity contribution in [3.8, 4) is 11.5 Å². The van der Waals surface area contributed by atoms with Gasteiger partial charge in [-0.05, 0) is 51.0 Å². The maximum absolute atomic E-state index is 13.2. The molecule has 0 saturated heterocycles. The van der Waals surface area contributed by atoms with Gasteiger partial charge in [0.25, 0.3) is 11.6 Å². The molecule has 146 valence electrons. The molecule has 28 heavy (non-hydrogen) atoms. The first-order valence-electron chi connectivity index (χ1n) is 9.31. The van der Waals surface area contributed by atoms with Crippen molar-refractivity contribution in [2.24, 2.45) is 0 Å². The van der Waals surface area contributed by atoms with Crippen LogP contribution in [0.3, 0.4) is 0 Å². The molecular weight excluding hydrogens is 358 g/mol. The number of aromatic nitrogens is 2. The first-order valence-corrected chi connectivity index (χ1v) is 9.31. The second-order valence-corrected chi connectivity index (χ2v) is 7.12. The molecule has 1 saturated carbocycles. The molecule has 2 heterocycles. The highest BCUT2D eigenvalue weighted by molar-refractivity contribution is 6.06. The van der Waals surface area contributed by atoms with E-state index in [4.69, 9.17) is 14.0 Å². The second-order valence-electron chi connectivity index (χ2n) is 7.12. The van der Waals surface area contributed by atoms with E-state index < -0.39 is 0 Å². The molecule has 0 radical (unpaired) electrons. The van der Waals surface area contributed by atoms with Gasteiger partial charge in [-0.3, -0.25) is 4.79 Å². The van der Waals surface area contributed by atoms with E-state index in [-0.39, 0.29) is 11.9 Å². The van der Waals surface area contributed by atoms with Crippen molar-refractivity contribution in [2.75, 3.05) is 14.2 Å². The molecular formula is C21H23N3O4. The van der Waals surface area contributed by atoms with Gasteiger partial charge >= 0.3 is 0 Å². The molecule has 1 fully saturated rings. The average molecular weight is 381 g/mol. The molecule has 1 aliphatic rings. The third kappa shape index (κ3) is 3.28. The van der Waals surface area contributed by atoms with Crippen LogP contribution in [0.4, 0.5) is 0 Å². The topological polar surface area (TPSA) is 86.5 Å². The number of aryl methyl sites for hydroxylation is 1. The van der Waals surface area contributed by atoms with Gasteiger partial charge in [0, 0.05) is 17.2 Å². The highest BCUT2D eigenvalue weighted by Gasteiger charge is 2.29. The molecule has 1 aliphatic carbocycles. The number of carbonyl (C=O) groups excluding carboxylic acids is 1. The van der Waals surface area contributed by atoms with Crippen molar-refractivity contribution in [3.63, 3.8) is 0 Å². The van der Waals surface area contributed by atoms with Crippen molar-refractivity contribution in [2.45, 2.75) is 38.6 Å². The van der Waals surface area contributed by atoms with Crippen LogP contribution in [0.5, 0.6) is 11.5 Å². The number of hydrogen-bond donors (Lipinski definition) is 1. The number of carbonyl (C=O) groups is 1. The van der Waals surface area contributed by atoms with E-state index in [0.717, 1.165) is 24.1 Å². The first kappa shape index (κ1) is 18.3. The van der Waals surface area contributed by atoms with Crippen LogP contribution in [0.1, 0.15) is 59.0 Å². The molecule has 1 atom stereocenters. The standard InChI is InChI=1S/C21H23N3O4/c1-11(15-9-14(26-3)7-8-18(15)27-4)22-20(25)16-10-17(13-5-6-13)23-21-19(16)12(2)24-28-21/h7-11,13H,5-6H2,1-4H3,(H,22,25)/t11-/m1/s1. The van der Waals surface area contributed by atoms with Crippen LogP contribution in [0.15, 0.2) is 28.8 Å². The summed E-state index contributed by atoms with van der Waals surface area (Å²) in [5.41, 5.74) is 3.34. The smallest absolute Gasteiger partial charge is 0.259 e. The van der Waals surface area contributed by atoms with Gasteiger partial charge in [-0.1, -0.05) is 5.16 Å². The van der Waals surface area contributed by atoms with Crippen molar-refractivity contribution >= 4 is 17.0 Å². The fraction of sp³-hybridized carbons (Fsp3) is 0.381. The van der Waals surface area contributed by atoms with Crippen LogP contribution >= 0.6 is 0 Å². The average Bonchev–Trinajstić information content (AvgIpc) is 3.50. The van der Waals surface area contributed by atoms with Crippen LogP contribution in [-0.4, -0.2) is 30.3 Å². The Morgan fingerprint density at radius 2 is 2.04 bits per heavy atom. The third-order valence-corrected chi connectivity index (χ3v) is 5.13. The zero-order valence-electron chi connectivity index (χ0n) is 16.4. The molecule has 2 aromatic heterocycles. The van der Waals surface area contributed by atoms with Gasteiger partial charge in [-0.25, -0.2) is 4.98 Å². The summed E-state index contributed by atoms with van der Waals surface area (Å²) in [6, 6.07) is 7.11. The highest BCUT2D eigenvalue weighted by atomic mass is 16.5. The molecule has 0 spiro atoms. The second kappa shape index (κ2) is 7.14. The van der Waals surface area contributed by atoms with Crippen LogP contribution in [0.25, 0.3) is 11.1 Å². The Balaban J connectivity index is 1.68. The fourth-order valence-corrected chi connectivity index (χ4v) is 3.41. The molecule has 7 nitrogen and oxygen atoms in total. The Hall–Kier alpha value is -3.09. The molecule has 1 amide bonds. The van der Waals surface area contributed by atoms with E-state index in [1.165, 1.54) is 0 Å². The third-order valence-electron chi connectivity index (χ3n) is 5.13. The number of fused-ring (bicyclic) bond motifs is 1. The van der Waals surface area contributed by atoms with E-state index in [2.05, 4.69) is 15.5 Å². The SMILES string of the molecule is COc1ccc(OC)c([C@@H](C)NC(=O)c2cc(C3CC3)nc3onc(C)c23)c1. The number of methoxy groups -OCH3 is 2. The Morgan fingerprint density at radius 1 is 1.25 bits per heavy atom. The predicted molar refractivity (Wildman–Crippen MR) is 104 cm³/mol. The summed E-state index contributed by atoms with van der Waals surface area (Å²) in [6.45, 7) is 3.73. The minimum absolute atomic E-state index is 0.196. The van der Waals surface area contributed by atoms with E-state index in [1.54, 1.807) is 14.2 Å². The predicted octanol–water partition coefficient (Wildman–Crippen LogP) is 3.92. The number of ether oxygens (including phenoxy) is 2. The summed E-state index contributed by atoms with van der Waals surface area (Å²) in [7, 11) is 3.21. The Bertz CT molecular complexity index is 1040. The van der Waals surface area contributed by atoms with Crippen LogP contribution < -0.4 is 14.8 Å². The lowest BCUT2D eigenvalue weighted by Gasteiger charge is -2.18. The van der Waals surface area contributed by atoms with Crippen LogP contribution in [0, 0.1) is 6.92 Å². The Morgan fingerprint density at radius 3 is 2.71 bits per heavy atom. The van der Waals surface area contributed by atoms with Crippen LogP contribution in [-0.2, 0) is 0 Å². The number of hydrogen-bond acceptors (Lipinski definition) is 6. The highest BCUT2D eigenvalue weighted by Crippen LogP contribution is 2.40. The maximum Gasteiger partial charge on any atom is 0.259 e. The molecule has 4 rings (SSSR count). The van der Waals surface area contributed by atoms with E-state index >= 15 is 0 Å². The van der Waals surface area contributed by atoms with Gasteiger partial charge in [-0.2, -0.15) is 0 Å². The molecule has 0 bridgehead atoms. The van der Waals surface area contributed by atoms with E-state index in [0.29, 0.717) is 39.8 Å². The summed E-state index contributed by atoms with van der Waals surface area (Å²) in [6.07, 6.45) is 2.17. The summed E-state index contributed by atoms with van der Waals surface area (Å²) < 4.78 is 16.1. The number of benzene rings is 1. The van der Waals surface area contributed by atoms with Gasteiger partial charge in [0.05, 0.1) is 36.9 Å². The molecule has 1 aromatic carbocycles. The molecule has 1 N–H and O–H groups in total. The summed E-state index contributed by atoms with van der Waals surface area (Å²) in [5.74, 6) is 1.60. The lowest BCUT2D eigenvalue weighted by atomic mass is 10.0. The maximum atomic E-state index is 13.2. The van der Waals surface area contributed by atoms with Gasteiger partial charge in [0.15, 0.2) is 0 Å². The van der Waals surface area contributed by atoms with Gasteiger partial charge in [0.1, 0.15) is 11.5 Å². The summed E-state index contributed by atoms with van der Waals surface area (Å²) >= 11 is 0. The molecule has 0 unspecified atom stereocenters. The summed E-state index contributed by atoms with van der Waals surface area (Å²) in [5, 5.41) is 7.71. The summed E-state index contributed by atoms with van der Waals surface area (Å²) in [4.78, 5) is 17.7. The lowest BCUT2D eigenvalue weighted by Crippen LogP contribution is -2.27. The minimum Gasteiger partial charge on any atom is -0.497 e. The van der Waals surface area contributed by atoms with E-state index in [9.17, 15) is 4.79 Å². The van der Waals surface area contributed by atoms with E-state index in [1.807, 2.05) is 38.1 Å². The Labute approximate surface area is 163 Å². The molecule has 7 heteroatoms. The quantitative estimate of drug-likeness (QED) is 0.696. The first-order chi connectivity index (χ1) is 13.5. The molecule has 3 aromatic rings. The van der Waals surface area contributed by atoms with Gasteiger partial charge in [0.2, 0.25) is 0 Å². The van der Waals surface area contributed by atoms with Crippen molar-refractivity contribution < 1.29 is 18.8 Å². The lowest BCUT2D eigenvalue weighted by molar-refractivity contribution is 0.0941. The van der Waals surface area contributed by atoms with Crippen molar-refractivity contribution in [1.82, 2.24) is 15.5 Å². The van der Waals surface area contributed by atoms with Crippen molar-refractivity contribution in [3.05, 3.63) is 46.8 Å². The van der Waals surface area contributed by atoms with Crippen LogP contribution in [0.2, 0.25) is 0 Å². The monoisotopic (exact) mass is 381 g/mol. The number of nitrogens with zero attached hydrogens (tertiary/aromatic N) is 2. The largest absolute Gasteiger partial charge is 0.497 e. The van der Waals surface area contributed by atoms with Gasteiger partial charge in [-0.15, -0.1) is 0 Å².